The van der Waals surface area contributed by atoms with E-state index < -0.39 is 0 Å². The summed E-state index contributed by atoms with van der Waals surface area (Å²) >= 11 is 6.22. The van der Waals surface area contributed by atoms with Crippen molar-refractivity contribution in [3.63, 3.8) is 0 Å². The van der Waals surface area contributed by atoms with Crippen LogP contribution in [0, 0.1) is 19.3 Å². The number of aryl methyl sites for hydroxylation is 2. The van der Waals surface area contributed by atoms with E-state index in [4.69, 9.17) is 11.6 Å². The van der Waals surface area contributed by atoms with Gasteiger partial charge < -0.3 is 4.90 Å². The maximum absolute atomic E-state index is 6.22. The highest BCUT2D eigenvalue weighted by Crippen LogP contribution is 2.36. The molecule has 3 nitrogen and oxygen atoms in total. The maximum Gasteiger partial charge on any atom is 0.171 e. The Bertz CT molecular complexity index is 437. The first-order chi connectivity index (χ1) is 8.45. The Morgan fingerprint density at radius 1 is 1.17 bits per heavy atom. The van der Waals surface area contributed by atoms with E-state index in [1.54, 1.807) is 0 Å². The van der Waals surface area contributed by atoms with Crippen molar-refractivity contribution in [3.05, 3.63) is 16.5 Å². The minimum atomic E-state index is 0.482. The van der Waals surface area contributed by atoms with Gasteiger partial charge in [0.15, 0.2) is 11.0 Å². The predicted octanol–water partition coefficient (Wildman–Crippen LogP) is 3.76. The first-order valence-corrected chi connectivity index (χ1v) is 7.09. The predicted molar refractivity (Wildman–Crippen MR) is 76.4 cm³/mol. The fourth-order valence-corrected chi connectivity index (χ4v) is 2.67. The smallest absolute Gasteiger partial charge is 0.171 e. The quantitative estimate of drug-likeness (QED) is 0.817. The van der Waals surface area contributed by atoms with E-state index in [1.807, 2.05) is 13.8 Å². The minimum absolute atomic E-state index is 0.482. The Morgan fingerprint density at radius 3 is 2.28 bits per heavy atom. The van der Waals surface area contributed by atoms with Crippen LogP contribution in [0.1, 0.15) is 44.5 Å². The molecular weight excluding hydrogens is 246 g/mol. The molecule has 2 heterocycles. The highest BCUT2D eigenvalue weighted by molar-refractivity contribution is 6.31. The molecule has 1 aliphatic rings. The monoisotopic (exact) mass is 267 g/mol. The van der Waals surface area contributed by atoms with Gasteiger partial charge in [-0.2, -0.15) is 0 Å². The fraction of sp³-hybridized carbons (Fsp3) is 0.714. The van der Waals surface area contributed by atoms with Crippen LogP contribution in [0.2, 0.25) is 5.15 Å². The molecule has 1 saturated heterocycles. The van der Waals surface area contributed by atoms with E-state index in [1.165, 1.54) is 19.3 Å². The molecule has 2 rings (SSSR count). The molecule has 18 heavy (non-hydrogen) atoms. The number of piperidine rings is 1. The van der Waals surface area contributed by atoms with Gasteiger partial charge in [-0.15, -0.1) is 0 Å². The van der Waals surface area contributed by atoms with Gasteiger partial charge in [-0.25, -0.2) is 9.97 Å². The minimum Gasteiger partial charge on any atom is -0.354 e. The zero-order valence-electron chi connectivity index (χ0n) is 11.8. The molecule has 1 aromatic heterocycles. The summed E-state index contributed by atoms with van der Waals surface area (Å²) in [7, 11) is 0. The average molecular weight is 268 g/mol. The van der Waals surface area contributed by atoms with Crippen molar-refractivity contribution >= 4 is 17.4 Å². The molecule has 1 aliphatic heterocycles. The van der Waals surface area contributed by atoms with E-state index in [0.29, 0.717) is 10.6 Å². The van der Waals surface area contributed by atoms with Crippen LogP contribution in [0.15, 0.2) is 0 Å². The molecule has 1 fully saturated rings. The first kappa shape index (κ1) is 13.6. The maximum atomic E-state index is 6.22. The van der Waals surface area contributed by atoms with Gasteiger partial charge >= 0.3 is 0 Å². The molecule has 4 heteroatoms. The summed E-state index contributed by atoms with van der Waals surface area (Å²) in [5.41, 5.74) is 2.37. The van der Waals surface area contributed by atoms with E-state index in [9.17, 15) is 0 Å². The molecule has 0 atom stereocenters. The average Bonchev–Trinajstić information content (AvgIpc) is 2.35. The van der Waals surface area contributed by atoms with Crippen LogP contribution in [0.3, 0.4) is 0 Å². The molecule has 0 spiro atoms. The van der Waals surface area contributed by atoms with Gasteiger partial charge in [0, 0.05) is 13.1 Å². The lowest BCUT2D eigenvalue weighted by Crippen LogP contribution is -2.39. The zero-order chi connectivity index (χ0) is 13.3. The Hall–Kier alpha value is -0.830. The first-order valence-electron chi connectivity index (χ1n) is 6.71. The summed E-state index contributed by atoms with van der Waals surface area (Å²) in [6.45, 7) is 10.6. The van der Waals surface area contributed by atoms with Crippen molar-refractivity contribution in [2.75, 3.05) is 18.0 Å². The summed E-state index contributed by atoms with van der Waals surface area (Å²) < 4.78 is 0. The number of hydrogen-bond acceptors (Lipinski definition) is 3. The topological polar surface area (TPSA) is 29.0 Å². The Labute approximate surface area is 115 Å². The van der Waals surface area contributed by atoms with Gasteiger partial charge in [-0.05, 0) is 32.1 Å². The van der Waals surface area contributed by atoms with Gasteiger partial charge in [0.05, 0.1) is 11.4 Å². The van der Waals surface area contributed by atoms with Crippen molar-refractivity contribution in [2.24, 2.45) is 5.41 Å². The molecular formula is C14H22ClN3. The lowest BCUT2D eigenvalue weighted by atomic mass is 9.78. The van der Waals surface area contributed by atoms with Crippen LogP contribution in [-0.2, 0) is 0 Å². The van der Waals surface area contributed by atoms with Crippen molar-refractivity contribution in [2.45, 2.75) is 47.0 Å². The third kappa shape index (κ3) is 2.61. The molecule has 0 bridgehead atoms. The molecule has 1 aromatic rings. The Morgan fingerprint density at radius 2 is 1.72 bits per heavy atom. The molecule has 0 N–H and O–H groups in total. The summed E-state index contributed by atoms with van der Waals surface area (Å²) in [4.78, 5) is 11.2. The number of halogens is 1. The van der Waals surface area contributed by atoms with Crippen LogP contribution in [0.4, 0.5) is 5.82 Å². The van der Waals surface area contributed by atoms with Gasteiger partial charge in [0.2, 0.25) is 0 Å². The SMILES string of the molecule is CCC1(C)CCN(c2nc(C)c(C)nc2Cl)CC1. The van der Waals surface area contributed by atoms with E-state index in [0.717, 1.165) is 30.3 Å². The largest absolute Gasteiger partial charge is 0.354 e. The normalized spacial score (nSPS) is 19.1. The molecule has 0 aliphatic carbocycles. The fourth-order valence-electron chi connectivity index (χ4n) is 2.38. The summed E-state index contributed by atoms with van der Waals surface area (Å²) in [6, 6.07) is 0. The summed E-state index contributed by atoms with van der Waals surface area (Å²) in [6.07, 6.45) is 3.65. The molecule has 0 aromatic carbocycles. The third-order valence-corrected chi connectivity index (χ3v) is 4.62. The van der Waals surface area contributed by atoms with Crippen molar-refractivity contribution in [1.82, 2.24) is 9.97 Å². The highest BCUT2D eigenvalue weighted by Gasteiger charge is 2.29. The molecule has 0 radical (unpaired) electrons. The zero-order valence-corrected chi connectivity index (χ0v) is 12.5. The van der Waals surface area contributed by atoms with Gasteiger partial charge in [0.1, 0.15) is 0 Å². The molecule has 0 unspecified atom stereocenters. The van der Waals surface area contributed by atoms with Gasteiger partial charge in [-0.3, -0.25) is 0 Å². The van der Waals surface area contributed by atoms with Crippen molar-refractivity contribution < 1.29 is 0 Å². The van der Waals surface area contributed by atoms with Gasteiger partial charge in [-0.1, -0.05) is 31.9 Å². The standard InChI is InChI=1S/C14H22ClN3/c1-5-14(4)6-8-18(9-7-14)13-12(15)16-10(2)11(3)17-13/h5-9H2,1-4H3. The lowest BCUT2D eigenvalue weighted by Gasteiger charge is -2.39. The third-order valence-electron chi connectivity index (χ3n) is 4.37. The lowest BCUT2D eigenvalue weighted by molar-refractivity contribution is 0.237. The molecule has 100 valence electrons. The number of aromatic nitrogens is 2. The second-order valence-electron chi connectivity index (χ2n) is 5.66. The number of rotatable bonds is 2. The van der Waals surface area contributed by atoms with Gasteiger partial charge in [0.25, 0.3) is 0 Å². The molecule has 0 saturated carbocycles. The number of nitrogens with zero attached hydrogens (tertiary/aromatic N) is 3. The molecule has 0 amide bonds. The second-order valence-corrected chi connectivity index (χ2v) is 6.02. The van der Waals surface area contributed by atoms with Crippen LogP contribution in [-0.4, -0.2) is 23.1 Å². The summed E-state index contributed by atoms with van der Waals surface area (Å²) in [5, 5.41) is 0.540. The van der Waals surface area contributed by atoms with Crippen LogP contribution in [0.5, 0.6) is 0 Å². The van der Waals surface area contributed by atoms with E-state index in [-0.39, 0.29) is 0 Å². The number of hydrogen-bond donors (Lipinski definition) is 0. The Balaban J connectivity index is 2.17. The van der Waals surface area contributed by atoms with Crippen molar-refractivity contribution in [1.29, 1.82) is 0 Å². The second kappa shape index (κ2) is 5.04. The summed E-state index contributed by atoms with van der Waals surface area (Å²) in [5.74, 6) is 0.859. The Kier molecular flexibility index (Phi) is 3.81. The number of anilines is 1. The van der Waals surface area contributed by atoms with Crippen LogP contribution in [0.25, 0.3) is 0 Å². The highest BCUT2D eigenvalue weighted by atomic mass is 35.5. The van der Waals surface area contributed by atoms with Crippen molar-refractivity contribution in [3.8, 4) is 0 Å². The van der Waals surface area contributed by atoms with Crippen LogP contribution >= 0.6 is 11.6 Å². The van der Waals surface area contributed by atoms with Crippen LogP contribution < -0.4 is 4.90 Å². The van der Waals surface area contributed by atoms with E-state index in [2.05, 4.69) is 28.7 Å². The van der Waals surface area contributed by atoms with E-state index >= 15 is 0 Å².